The summed E-state index contributed by atoms with van der Waals surface area (Å²) in [6.45, 7) is 4.03. The van der Waals surface area contributed by atoms with Crippen molar-refractivity contribution in [3.63, 3.8) is 0 Å². The molecule has 0 bridgehead atoms. The number of H-pyrrole nitrogens is 1. The number of aromatic amines is 1. The predicted octanol–water partition coefficient (Wildman–Crippen LogP) is 3.93. The van der Waals surface area contributed by atoms with Crippen LogP contribution < -0.4 is 5.32 Å². The van der Waals surface area contributed by atoms with Crippen molar-refractivity contribution in [3.05, 3.63) is 17.5 Å². The Kier molecular flexibility index (Phi) is 9.11. The molecule has 2 fully saturated rings. The van der Waals surface area contributed by atoms with E-state index in [-0.39, 0.29) is 20.5 Å². The van der Waals surface area contributed by atoms with Crippen LogP contribution in [0.15, 0.2) is 6.20 Å². The molecule has 3 rings (SSSR count). The van der Waals surface area contributed by atoms with Crippen molar-refractivity contribution in [2.75, 3.05) is 33.8 Å². The molecule has 2 N–H and O–H groups in total. The SMILES string of the molecule is C.C.CNCCN(C)Cc1cn[nH]c1C1CCC2(CCCCO2)CC1. The van der Waals surface area contributed by atoms with Gasteiger partial charge >= 0.3 is 0 Å². The van der Waals surface area contributed by atoms with Crippen molar-refractivity contribution in [3.8, 4) is 0 Å². The molecule has 25 heavy (non-hydrogen) atoms. The van der Waals surface area contributed by atoms with E-state index in [0.29, 0.717) is 5.92 Å². The molecular formula is C20H40N4O. The second-order valence-electron chi connectivity index (χ2n) is 7.41. The normalized spacial score (nSPS) is 26.3. The lowest BCUT2D eigenvalue weighted by Crippen LogP contribution is -2.39. The van der Waals surface area contributed by atoms with Crippen LogP contribution in [0.25, 0.3) is 0 Å². The maximum atomic E-state index is 6.17. The van der Waals surface area contributed by atoms with Crippen LogP contribution in [-0.2, 0) is 11.3 Å². The Morgan fingerprint density at radius 3 is 2.68 bits per heavy atom. The molecule has 1 aromatic heterocycles. The molecule has 1 aromatic rings. The largest absolute Gasteiger partial charge is 0.375 e. The molecule has 5 heteroatoms. The molecule has 0 atom stereocenters. The number of ether oxygens (including phenoxy) is 1. The van der Waals surface area contributed by atoms with E-state index in [1.165, 1.54) is 56.2 Å². The lowest BCUT2D eigenvalue weighted by Gasteiger charge is -2.42. The van der Waals surface area contributed by atoms with Crippen LogP contribution in [0.3, 0.4) is 0 Å². The van der Waals surface area contributed by atoms with Gasteiger partial charge in [0, 0.05) is 43.4 Å². The first-order chi connectivity index (χ1) is 11.2. The standard InChI is InChI=1S/C18H32N4O.2CH4/c1-19-10-11-22(2)14-16-13-20-21-17(16)15-5-8-18(9-6-15)7-3-4-12-23-18;;/h13,15,19H,3-12,14H2,1-2H3,(H,20,21);2*1H4. The Labute approximate surface area is 154 Å². The van der Waals surface area contributed by atoms with Gasteiger partial charge in [-0.3, -0.25) is 5.10 Å². The van der Waals surface area contributed by atoms with E-state index in [2.05, 4.69) is 27.5 Å². The number of aromatic nitrogens is 2. The second-order valence-corrected chi connectivity index (χ2v) is 7.41. The molecule has 1 aliphatic heterocycles. The molecule has 2 aliphatic rings. The highest BCUT2D eigenvalue weighted by Gasteiger charge is 2.38. The minimum atomic E-state index is 0. The number of nitrogens with one attached hydrogen (secondary N) is 2. The van der Waals surface area contributed by atoms with Crippen molar-refractivity contribution in [1.29, 1.82) is 0 Å². The van der Waals surface area contributed by atoms with Crippen LogP contribution in [0, 0.1) is 0 Å². The fourth-order valence-electron chi connectivity index (χ4n) is 4.21. The van der Waals surface area contributed by atoms with Gasteiger partial charge < -0.3 is 15.0 Å². The average molecular weight is 353 g/mol. The smallest absolute Gasteiger partial charge is 0.0683 e. The summed E-state index contributed by atoms with van der Waals surface area (Å²) in [4.78, 5) is 2.36. The zero-order valence-electron chi connectivity index (χ0n) is 14.7. The summed E-state index contributed by atoms with van der Waals surface area (Å²) >= 11 is 0. The molecular weight excluding hydrogens is 312 g/mol. The van der Waals surface area contributed by atoms with Gasteiger partial charge in [0.1, 0.15) is 0 Å². The zero-order valence-corrected chi connectivity index (χ0v) is 14.7. The first kappa shape index (κ1) is 22.1. The first-order valence-electron chi connectivity index (χ1n) is 9.22. The summed E-state index contributed by atoms with van der Waals surface area (Å²) in [5, 5.41) is 10.8. The third-order valence-corrected chi connectivity index (χ3v) is 5.68. The zero-order chi connectivity index (χ0) is 16.1. The van der Waals surface area contributed by atoms with Gasteiger partial charge in [0.2, 0.25) is 0 Å². The van der Waals surface area contributed by atoms with E-state index in [1.807, 2.05) is 13.2 Å². The van der Waals surface area contributed by atoms with Crippen molar-refractivity contribution in [2.24, 2.45) is 0 Å². The average Bonchev–Trinajstić information content (AvgIpc) is 3.02. The highest BCUT2D eigenvalue weighted by molar-refractivity contribution is 5.21. The second kappa shape index (κ2) is 10.3. The molecule has 146 valence electrons. The van der Waals surface area contributed by atoms with Gasteiger partial charge in [0.05, 0.1) is 11.8 Å². The van der Waals surface area contributed by atoms with Crippen molar-refractivity contribution in [2.45, 2.75) is 77.9 Å². The molecule has 5 nitrogen and oxygen atoms in total. The summed E-state index contributed by atoms with van der Waals surface area (Å²) in [6.07, 6.45) is 10.8. The molecule has 0 aromatic carbocycles. The Bertz CT molecular complexity index is 472. The van der Waals surface area contributed by atoms with E-state index < -0.39 is 0 Å². The third kappa shape index (κ3) is 5.53. The minimum absolute atomic E-state index is 0. The van der Waals surface area contributed by atoms with Crippen molar-refractivity contribution < 1.29 is 4.74 Å². The molecule has 1 saturated heterocycles. The molecule has 1 aliphatic carbocycles. The van der Waals surface area contributed by atoms with Crippen LogP contribution in [0.2, 0.25) is 0 Å². The fourth-order valence-corrected chi connectivity index (χ4v) is 4.21. The predicted molar refractivity (Wildman–Crippen MR) is 106 cm³/mol. The van der Waals surface area contributed by atoms with E-state index in [0.717, 1.165) is 26.2 Å². The monoisotopic (exact) mass is 352 g/mol. The van der Waals surface area contributed by atoms with Crippen LogP contribution >= 0.6 is 0 Å². The topological polar surface area (TPSA) is 53.2 Å². The van der Waals surface area contributed by atoms with Gasteiger partial charge in [0.15, 0.2) is 0 Å². The number of hydrogen-bond acceptors (Lipinski definition) is 4. The van der Waals surface area contributed by atoms with E-state index in [1.54, 1.807) is 0 Å². The van der Waals surface area contributed by atoms with E-state index in [9.17, 15) is 0 Å². The maximum Gasteiger partial charge on any atom is 0.0683 e. The van der Waals surface area contributed by atoms with Crippen molar-refractivity contribution >= 4 is 0 Å². The molecule has 0 unspecified atom stereocenters. The van der Waals surface area contributed by atoms with Crippen LogP contribution in [0.1, 0.15) is 77.0 Å². The van der Waals surface area contributed by atoms with E-state index >= 15 is 0 Å². The van der Waals surface area contributed by atoms with Gasteiger partial charge in [0.25, 0.3) is 0 Å². The minimum Gasteiger partial charge on any atom is -0.375 e. The number of rotatable bonds is 6. The highest BCUT2D eigenvalue weighted by Crippen LogP contribution is 2.44. The fraction of sp³-hybridized carbons (Fsp3) is 0.850. The highest BCUT2D eigenvalue weighted by atomic mass is 16.5. The van der Waals surface area contributed by atoms with E-state index in [4.69, 9.17) is 4.74 Å². The quantitative estimate of drug-likeness (QED) is 0.814. The summed E-state index contributed by atoms with van der Waals surface area (Å²) in [7, 11) is 4.18. The van der Waals surface area contributed by atoms with Crippen LogP contribution in [-0.4, -0.2) is 54.5 Å². The molecule has 2 heterocycles. The Hall–Kier alpha value is -0.910. The molecule has 1 spiro atoms. The van der Waals surface area contributed by atoms with Crippen molar-refractivity contribution in [1.82, 2.24) is 20.4 Å². The summed E-state index contributed by atoms with van der Waals surface area (Å²) < 4.78 is 6.17. The Morgan fingerprint density at radius 2 is 2.04 bits per heavy atom. The number of nitrogens with zero attached hydrogens (tertiary/aromatic N) is 2. The molecule has 0 amide bonds. The number of hydrogen-bond donors (Lipinski definition) is 2. The summed E-state index contributed by atoms with van der Waals surface area (Å²) in [5.74, 6) is 0.626. The number of likely N-dealkylation sites (N-methyl/N-ethyl adjacent to an activating group) is 2. The lowest BCUT2D eigenvalue weighted by molar-refractivity contribution is -0.102. The van der Waals surface area contributed by atoms with Gasteiger partial charge in [-0.05, 0) is 59.0 Å². The van der Waals surface area contributed by atoms with Gasteiger partial charge in [-0.25, -0.2) is 0 Å². The van der Waals surface area contributed by atoms with Gasteiger partial charge in [-0.1, -0.05) is 14.9 Å². The van der Waals surface area contributed by atoms with Crippen LogP contribution in [0.4, 0.5) is 0 Å². The third-order valence-electron chi connectivity index (χ3n) is 5.68. The van der Waals surface area contributed by atoms with Crippen LogP contribution in [0.5, 0.6) is 0 Å². The molecule has 1 saturated carbocycles. The Morgan fingerprint density at radius 1 is 1.28 bits per heavy atom. The summed E-state index contributed by atoms with van der Waals surface area (Å²) in [6, 6.07) is 0. The first-order valence-corrected chi connectivity index (χ1v) is 9.22. The molecule has 0 radical (unpaired) electrons. The van der Waals surface area contributed by atoms with Gasteiger partial charge in [-0.2, -0.15) is 5.10 Å². The maximum absolute atomic E-state index is 6.17. The Balaban J connectivity index is 0.00000156. The lowest BCUT2D eigenvalue weighted by atomic mass is 9.74. The van der Waals surface area contributed by atoms with Gasteiger partial charge in [-0.15, -0.1) is 0 Å². The summed E-state index contributed by atoms with van der Waals surface area (Å²) in [5.41, 5.74) is 2.94.